The molecule has 64 valence electrons. The van der Waals surface area contributed by atoms with E-state index in [0.717, 1.165) is 11.5 Å². The molecule has 1 heterocycles. The van der Waals surface area contributed by atoms with Gasteiger partial charge < -0.3 is 4.90 Å². The summed E-state index contributed by atoms with van der Waals surface area (Å²) in [5, 5.41) is 0. The van der Waals surface area contributed by atoms with Crippen molar-refractivity contribution in [3.8, 4) is 0 Å². The predicted octanol–water partition coefficient (Wildman–Crippen LogP) is 2.27. The number of hydrogen-bond acceptors (Lipinski definition) is 1. The normalized spacial score (nSPS) is 31.1. The minimum Gasteiger partial charge on any atom is -0.300 e. The summed E-state index contributed by atoms with van der Waals surface area (Å²) < 4.78 is 0. The highest BCUT2D eigenvalue weighted by Crippen LogP contribution is 2.53. The second-order valence-electron chi connectivity index (χ2n) is 4.48. The Morgan fingerprint density at radius 1 is 1.36 bits per heavy atom. The van der Waals surface area contributed by atoms with Gasteiger partial charge in [0.15, 0.2) is 0 Å². The fourth-order valence-electron chi connectivity index (χ4n) is 2.19. The Morgan fingerprint density at radius 2 is 2.09 bits per heavy atom. The fourth-order valence-corrected chi connectivity index (χ4v) is 2.19. The van der Waals surface area contributed by atoms with Crippen LogP contribution in [0.15, 0.2) is 0 Å². The van der Waals surface area contributed by atoms with Gasteiger partial charge in [-0.15, -0.1) is 0 Å². The lowest BCUT2D eigenvalue weighted by Crippen LogP contribution is -2.30. The molecule has 2 aliphatic rings. The van der Waals surface area contributed by atoms with Gasteiger partial charge >= 0.3 is 0 Å². The van der Waals surface area contributed by atoms with Crippen LogP contribution < -0.4 is 0 Å². The smallest absolute Gasteiger partial charge is 0.00645 e. The van der Waals surface area contributed by atoms with Gasteiger partial charge in [0.1, 0.15) is 0 Å². The van der Waals surface area contributed by atoms with Crippen LogP contribution in [0.4, 0.5) is 0 Å². The molecule has 2 fully saturated rings. The summed E-state index contributed by atoms with van der Waals surface area (Å²) >= 11 is 0. The number of hydrogen-bond donors (Lipinski definition) is 0. The summed E-state index contributed by atoms with van der Waals surface area (Å²) in [5.41, 5.74) is 0.823. The molecule has 0 aromatic rings. The molecule has 0 amide bonds. The summed E-state index contributed by atoms with van der Waals surface area (Å²) in [5.74, 6) is 0. The number of nitrogens with zero attached hydrogens (tertiary/aromatic N) is 1. The first-order valence-electron chi connectivity index (χ1n) is 5.00. The maximum Gasteiger partial charge on any atom is 0.00645 e. The Kier molecular flexibility index (Phi) is 1.71. The van der Waals surface area contributed by atoms with Crippen LogP contribution in [-0.2, 0) is 0 Å². The topological polar surface area (TPSA) is 3.24 Å². The van der Waals surface area contributed by atoms with Crippen LogP contribution in [-0.4, -0.2) is 24.0 Å². The maximum absolute atomic E-state index is 2.67. The van der Waals surface area contributed by atoms with Gasteiger partial charge in [-0.3, -0.25) is 0 Å². The van der Waals surface area contributed by atoms with Crippen molar-refractivity contribution in [2.45, 2.75) is 45.6 Å². The average molecular weight is 153 g/mol. The van der Waals surface area contributed by atoms with E-state index >= 15 is 0 Å². The zero-order valence-electron chi connectivity index (χ0n) is 7.77. The van der Waals surface area contributed by atoms with E-state index in [1.165, 1.54) is 38.8 Å². The molecule has 1 spiro atoms. The predicted molar refractivity (Wildman–Crippen MR) is 47.6 cm³/mol. The summed E-state index contributed by atoms with van der Waals surface area (Å²) in [4.78, 5) is 2.67. The van der Waals surface area contributed by atoms with Gasteiger partial charge in [-0.1, -0.05) is 6.92 Å². The van der Waals surface area contributed by atoms with Crippen molar-refractivity contribution in [1.82, 2.24) is 4.90 Å². The van der Waals surface area contributed by atoms with Crippen LogP contribution >= 0.6 is 0 Å². The summed E-state index contributed by atoms with van der Waals surface area (Å²) in [7, 11) is 0. The molecule has 1 saturated carbocycles. The molecule has 11 heavy (non-hydrogen) atoms. The molecule has 1 atom stereocenters. The third kappa shape index (κ3) is 1.31. The molecule has 1 nitrogen and oxygen atoms in total. The molecule has 0 aromatic carbocycles. The van der Waals surface area contributed by atoms with E-state index in [0.29, 0.717) is 0 Å². The number of likely N-dealkylation sites (tertiary alicyclic amines) is 1. The monoisotopic (exact) mass is 153 g/mol. The molecule has 0 N–H and O–H groups in total. The van der Waals surface area contributed by atoms with Gasteiger partial charge in [-0.2, -0.15) is 0 Å². The Morgan fingerprint density at radius 3 is 2.55 bits per heavy atom. The Balaban J connectivity index is 1.88. The minimum atomic E-state index is 0.823. The van der Waals surface area contributed by atoms with Crippen molar-refractivity contribution < 1.29 is 0 Å². The summed E-state index contributed by atoms with van der Waals surface area (Å²) in [6, 6.07) is 0.829. The fraction of sp³-hybridized carbons (Fsp3) is 1.00. The molecule has 0 bridgehead atoms. The molecule has 1 saturated heterocycles. The van der Waals surface area contributed by atoms with Gasteiger partial charge in [-0.25, -0.2) is 0 Å². The molecule has 1 aliphatic carbocycles. The lowest BCUT2D eigenvalue weighted by Gasteiger charge is -2.22. The lowest BCUT2D eigenvalue weighted by atomic mass is 10.1. The third-order valence-corrected chi connectivity index (χ3v) is 3.64. The zero-order chi connectivity index (χ0) is 7.90. The largest absolute Gasteiger partial charge is 0.300 e. The molecule has 2 rings (SSSR count). The Labute approximate surface area is 69.8 Å². The van der Waals surface area contributed by atoms with E-state index in [4.69, 9.17) is 0 Å². The van der Waals surface area contributed by atoms with Crippen LogP contribution in [0.25, 0.3) is 0 Å². The van der Waals surface area contributed by atoms with Crippen LogP contribution in [0.3, 0.4) is 0 Å². The second kappa shape index (κ2) is 2.48. The zero-order valence-corrected chi connectivity index (χ0v) is 7.77. The second-order valence-corrected chi connectivity index (χ2v) is 4.48. The summed E-state index contributed by atoms with van der Waals surface area (Å²) in [6.07, 6.45) is 5.83. The minimum absolute atomic E-state index is 0.823. The maximum atomic E-state index is 2.67. The molecule has 0 radical (unpaired) electrons. The van der Waals surface area contributed by atoms with Crippen molar-refractivity contribution >= 4 is 0 Å². The van der Waals surface area contributed by atoms with Gasteiger partial charge in [0.05, 0.1) is 0 Å². The van der Waals surface area contributed by atoms with Crippen LogP contribution in [0.1, 0.15) is 39.5 Å². The summed E-state index contributed by atoms with van der Waals surface area (Å²) in [6.45, 7) is 7.43. The van der Waals surface area contributed by atoms with E-state index in [-0.39, 0.29) is 0 Å². The average Bonchev–Trinajstić information content (AvgIpc) is 2.61. The van der Waals surface area contributed by atoms with Crippen molar-refractivity contribution in [3.63, 3.8) is 0 Å². The van der Waals surface area contributed by atoms with E-state index < -0.39 is 0 Å². The quantitative estimate of drug-likeness (QED) is 0.588. The van der Waals surface area contributed by atoms with Crippen molar-refractivity contribution in [2.24, 2.45) is 5.41 Å². The Bertz CT molecular complexity index is 149. The Hall–Kier alpha value is -0.0400. The molecule has 1 aliphatic heterocycles. The van der Waals surface area contributed by atoms with Gasteiger partial charge in [0.25, 0.3) is 0 Å². The highest BCUT2D eigenvalue weighted by molar-refractivity contribution is 5.01. The lowest BCUT2D eigenvalue weighted by molar-refractivity contribution is 0.241. The number of rotatable bonds is 2. The van der Waals surface area contributed by atoms with Crippen LogP contribution in [0.5, 0.6) is 0 Å². The van der Waals surface area contributed by atoms with E-state index in [1.807, 2.05) is 0 Å². The standard InChI is InChI=1S/C10H19N/c1-3-9(2)11-7-6-10(8-11)4-5-10/h9H,3-8H2,1-2H3. The van der Waals surface area contributed by atoms with Gasteiger partial charge in [0, 0.05) is 12.6 Å². The van der Waals surface area contributed by atoms with E-state index in [1.54, 1.807) is 0 Å². The first-order chi connectivity index (χ1) is 5.26. The SMILES string of the molecule is CCC(C)N1CCC2(CC2)C1. The first kappa shape index (κ1) is 7.60. The highest BCUT2D eigenvalue weighted by atomic mass is 15.2. The van der Waals surface area contributed by atoms with Crippen LogP contribution in [0.2, 0.25) is 0 Å². The van der Waals surface area contributed by atoms with Crippen molar-refractivity contribution in [2.75, 3.05) is 13.1 Å². The van der Waals surface area contributed by atoms with E-state index in [9.17, 15) is 0 Å². The molecular weight excluding hydrogens is 134 g/mol. The van der Waals surface area contributed by atoms with E-state index in [2.05, 4.69) is 18.7 Å². The van der Waals surface area contributed by atoms with Crippen molar-refractivity contribution in [1.29, 1.82) is 0 Å². The third-order valence-electron chi connectivity index (χ3n) is 3.64. The molecule has 1 heteroatoms. The molecular formula is C10H19N. The van der Waals surface area contributed by atoms with Crippen molar-refractivity contribution in [3.05, 3.63) is 0 Å². The highest BCUT2D eigenvalue weighted by Gasteiger charge is 2.48. The van der Waals surface area contributed by atoms with Gasteiger partial charge in [-0.05, 0) is 44.6 Å². The van der Waals surface area contributed by atoms with Gasteiger partial charge in [0.2, 0.25) is 0 Å². The first-order valence-corrected chi connectivity index (χ1v) is 5.00. The molecule has 1 unspecified atom stereocenters. The molecule has 0 aromatic heterocycles. The van der Waals surface area contributed by atoms with Crippen LogP contribution in [0, 0.1) is 5.41 Å².